The van der Waals surface area contributed by atoms with Gasteiger partial charge in [0.05, 0.1) is 12.8 Å². The summed E-state index contributed by atoms with van der Waals surface area (Å²) in [6, 6.07) is 20.0. The number of benzene rings is 3. The number of methoxy groups -OCH3 is 1. The van der Waals surface area contributed by atoms with Gasteiger partial charge >= 0.3 is 5.97 Å². The quantitative estimate of drug-likeness (QED) is 0.317. The number of para-hydroxylation sites is 1. The van der Waals surface area contributed by atoms with Crippen molar-refractivity contribution in [3.8, 4) is 5.75 Å². The first-order chi connectivity index (χ1) is 16.4. The minimum atomic E-state index is -0.839. The van der Waals surface area contributed by atoms with Crippen LogP contribution in [0.2, 0.25) is 0 Å². The number of esters is 1. The fraction of sp³-hybridized carbons (Fsp3) is 0.115. The van der Waals surface area contributed by atoms with Crippen LogP contribution in [0.1, 0.15) is 12.5 Å². The van der Waals surface area contributed by atoms with E-state index in [2.05, 4.69) is 10.6 Å². The molecule has 2 N–H and O–H groups in total. The zero-order chi connectivity index (χ0) is 24.1. The molecule has 0 radical (unpaired) electrons. The predicted octanol–water partition coefficient (Wildman–Crippen LogP) is 4.25. The van der Waals surface area contributed by atoms with E-state index < -0.39 is 24.4 Å². The summed E-state index contributed by atoms with van der Waals surface area (Å²) in [5.74, 6) is -1.42. The molecule has 1 aromatic heterocycles. The van der Waals surface area contributed by atoms with E-state index in [1.54, 1.807) is 36.4 Å². The summed E-state index contributed by atoms with van der Waals surface area (Å²) in [4.78, 5) is 36.5. The summed E-state index contributed by atoms with van der Waals surface area (Å²) >= 11 is 0. The molecule has 0 saturated carbocycles. The minimum absolute atomic E-state index is 0.0761. The smallest absolute Gasteiger partial charge is 0.355 e. The Labute approximate surface area is 195 Å². The van der Waals surface area contributed by atoms with Gasteiger partial charge in [-0.15, -0.1) is 0 Å². The largest absolute Gasteiger partial charge is 0.495 e. The number of hydrogen-bond acceptors (Lipinski definition) is 6. The van der Waals surface area contributed by atoms with Gasteiger partial charge < -0.3 is 24.5 Å². The van der Waals surface area contributed by atoms with Crippen molar-refractivity contribution in [1.29, 1.82) is 0 Å². The maximum absolute atomic E-state index is 12.5. The van der Waals surface area contributed by atoms with Gasteiger partial charge in [-0.3, -0.25) is 9.59 Å². The zero-order valence-corrected chi connectivity index (χ0v) is 18.6. The van der Waals surface area contributed by atoms with Crippen molar-refractivity contribution in [3.63, 3.8) is 0 Å². The maximum Gasteiger partial charge on any atom is 0.355 e. The third kappa shape index (κ3) is 5.07. The summed E-state index contributed by atoms with van der Waals surface area (Å²) in [5.41, 5.74) is 2.28. The van der Waals surface area contributed by atoms with E-state index in [1.807, 2.05) is 30.3 Å². The normalized spacial score (nSPS) is 11.3. The Morgan fingerprint density at radius 1 is 0.941 bits per heavy atom. The molecule has 4 rings (SSSR count). The zero-order valence-electron chi connectivity index (χ0n) is 18.6. The molecule has 0 aliphatic rings. The molecule has 1 heterocycles. The molecule has 8 nitrogen and oxygen atoms in total. The highest BCUT2D eigenvalue weighted by atomic mass is 16.5. The molecule has 0 fully saturated rings. The van der Waals surface area contributed by atoms with Crippen LogP contribution in [0, 0.1) is 0 Å². The van der Waals surface area contributed by atoms with Crippen LogP contribution in [0.4, 0.5) is 5.69 Å². The number of carbonyl (C=O) groups is 3. The number of ether oxygens (including phenoxy) is 2. The first kappa shape index (κ1) is 22.6. The first-order valence-electron chi connectivity index (χ1n) is 10.4. The number of rotatable bonds is 7. The lowest BCUT2D eigenvalue weighted by Gasteiger charge is -2.12. The SMILES string of the molecule is COc1cc2c(cc1NC(=O)COC(=O)/C(=C/c1ccccc1)NC(C)=O)oc1ccccc12. The van der Waals surface area contributed by atoms with E-state index in [9.17, 15) is 14.4 Å². The molecule has 0 aliphatic heterocycles. The number of fused-ring (bicyclic) bond motifs is 3. The molecular weight excluding hydrogens is 436 g/mol. The molecule has 0 aliphatic carbocycles. The van der Waals surface area contributed by atoms with Crippen LogP contribution in [-0.4, -0.2) is 31.5 Å². The highest BCUT2D eigenvalue weighted by Gasteiger charge is 2.17. The first-order valence-corrected chi connectivity index (χ1v) is 10.4. The molecule has 8 heteroatoms. The molecule has 4 aromatic rings. The highest BCUT2D eigenvalue weighted by molar-refractivity contribution is 6.08. The molecule has 34 heavy (non-hydrogen) atoms. The van der Waals surface area contributed by atoms with Gasteiger partial charge in [0.15, 0.2) is 6.61 Å². The Morgan fingerprint density at radius 2 is 1.68 bits per heavy atom. The van der Waals surface area contributed by atoms with E-state index in [4.69, 9.17) is 13.9 Å². The Kier molecular flexibility index (Phi) is 6.59. The van der Waals surface area contributed by atoms with Crippen molar-refractivity contribution >= 4 is 51.5 Å². The van der Waals surface area contributed by atoms with Crippen molar-refractivity contribution in [3.05, 3.63) is 78.0 Å². The number of amides is 2. The third-order valence-corrected chi connectivity index (χ3v) is 4.95. The number of furan rings is 1. The third-order valence-electron chi connectivity index (χ3n) is 4.95. The van der Waals surface area contributed by atoms with Gasteiger partial charge in [0, 0.05) is 23.8 Å². The average Bonchev–Trinajstić information content (AvgIpc) is 3.19. The number of anilines is 1. The Balaban J connectivity index is 1.48. The van der Waals surface area contributed by atoms with Crippen LogP contribution in [0.5, 0.6) is 5.75 Å². The van der Waals surface area contributed by atoms with Crippen molar-refractivity contribution < 1.29 is 28.3 Å². The second kappa shape index (κ2) is 9.91. The maximum atomic E-state index is 12.5. The monoisotopic (exact) mass is 458 g/mol. The summed E-state index contributed by atoms with van der Waals surface area (Å²) < 4.78 is 16.4. The topological polar surface area (TPSA) is 107 Å². The molecule has 0 bridgehead atoms. The van der Waals surface area contributed by atoms with E-state index >= 15 is 0 Å². The summed E-state index contributed by atoms with van der Waals surface area (Å²) in [7, 11) is 1.49. The van der Waals surface area contributed by atoms with Crippen molar-refractivity contribution in [2.75, 3.05) is 19.0 Å². The van der Waals surface area contributed by atoms with Crippen LogP contribution in [0.3, 0.4) is 0 Å². The van der Waals surface area contributed by atoms with E-state index in [1.165, 1.54) is 20.1 Å². The molecule has 0 saturated heterocycles. The van der Waals surface area contributed by atoms with Crippen molar-refractivity contribution in [1.82, 2.24) is 5.32 Å². The lowest BCUT2D eigenvalue weighted by atomic mass is 10.1. The average molecular weight is 458 g/mol. The molecule has 3 aromatic carbocycles. The number of nitrogens with one attached hydrogen (secondary N) is 2. The van der Waals surface area contributed by atoms with Crippen molar-refractivity contribution in [2.24, 2.45) is 0 Å². The fourth-order valence-corrected chi connectivity index (χ4v) is 3.46. The molecule has 172 valence electrons. The second-order valence-electron chi connectivity index (χ2n) is 7.42. The summed E-state index contributed by atoms with van der Waals surface area (Å²) in [5, 5.41) is 6.89. The van der Waals surface area contributed by atoms with Gasteiger partial charge in [-0.05, 0) is 23.8 Å². The summed E-state index contributed by atoms with van der Waals surface area (Å²) in [6.45, 7) is 0.713. The van der Waals surface area contributed by atoms with E-state index in [-0.39, 0.29) is 5.70 Å². The Morgan fingerprint density at radius 3 is 2.41 bits per heavy atom. The molecule has 0 unspecified atom stereocenters. The van der Waals surface area contributed by atoms with Gasteiger partial charge in [0.25, 0.3) is 5.91 Å². The van der Waals surface area contributed by atoms with Crippen LogP contribution >= 0.6 is 0 Å². The Hall–Kier alpha value is -4.59. The molecular formula is C26H22N2O6. The van der Waals surface area contributed by atoms with Crippen LogP contribution in [-0.2, 0) is 19.1 Å². The molecule has 2 amide bonds. The second-order valence-corrected chi connectivity index (χ2v) is 7.42. The lowest BCUT2D eigenvalue weighted by molar-refractivity contribution is -0.144. The van der Waals surface area contributed by atoms with Gasteiger partial charge in [0.2, 0.25) is 5.91 Å². The van der Waals surface area contributed by atoms with E-state index in [0.717, 1.165) is 10.8 Å². The Bertz CT molecular complexity index is 1410. The van der Waals surface area contributed by atoms with Gasteiger partial charge in [-0.2, -0.15) is 0 Å². The fourth-order valence-electron chi connectivity index (χ4n) is 3.46. The summed E-state index contributed by atoms with van der Waals surface area (Å²) in [6.07, 6.45) is 1.47. The van der Waals surface area contributed by atoms with Gasteiger partial charge in [-0.25, -0.2) is 4.79 Å². The standard InChI is InChI=1S/C26H22N2O6/c1-16(29)27-21(12-17-8-4-3-5-9-17)26(31)33-15-25(30)28-20-14-23-19(13-24(20)32-2)18-10-6-7-11-22(18)34-23/h3-14H,15H2,1-2H3,(H,27,29)(H,28,30)/b21-12-. The molecule has 0 spiro atoms. The number of hydrogen-bond donors (Lipinski definition) is 2. The molecule has 0 atom stereocenters. The van der Waals surface area contributed by atoms with Gasteiger partial charge in [-0.1, -0.05) is 48.5 Å². The highest BCUT2D eigenvalue weighted by Crippen LogP contribution is 2.36. The van der Waals surface area contributed by atoms with Crippen molar-refractivity contribution in [2.45, 2.75) is 6.92 Å². The van der Waals surface area contributed by atoms with Crippen LogP contribution in [0.15, 0.2) is 76.8 Å². The van der Waals surface area contributed by atoms with Crippen LogP contribution < -0.4 is 15.4 Å². The predicted molar refractivity (Wildman–Crippen MR) is 128 cm³/mol. The minimum Gasteiger partial charge on any atom is -0.495 e. The lowest BCUT2D eigenvalue weighted by Crippen LogP contribution is -2.29. The number of carbonyl (C=O) groups excluding carboxylic acids is 3. The van der Waals surface area contributed by atoms with Crippen LogP contribution in [0.25, 0.3) is 28.0 Å². The van der Waals surface area contributed by atoms with E-state index in [0.29, 0.717) is 28.2 Å². The van der Waals surface area contributed by atoms with Gasteiger partial charge in [0.1, 0.15) is 22.6 Å².